The topological polar surface area (TPSA) is 56.3 Å². The molecule has 5 heteroatoms. The molecular formula is C14H10ClNO3. The van der Waals surface area contributed by atoms with E-state index in [4.69, 9.17) is 11.6 Å². The van der Waals surface area contributed by atoms with Gasteiger partial charge in [-0.25, -0.2) is 4.79 Å². The summed E-state index contributed by atoms with van der Waals surface area (Å²) in [5.41, 5.74) is 0.558. The smallest absolute Gasteiger partial charge is 0.340 e. The minimum atomic E-state index is -0.599. The summed E-state index contributed by atoms with van der Waals surface area (Å²) in [5, 5.41) is 0.446. The number of halogens is 1. The largest absolute Gasteiger partial charge is 0.465 e. The van der Waals surface area contributed by atoms with Crippen LogP contribution in [0, 0.1) is 0 Å². The number of ketones is 1. The first-order valence-corrected chi connectivity index (χ1v) is 5.85. The number of ether oxygens (including phenoxy) is 1. The maximum atomic E-state index is 12.3. The molecule has 1 aromatic heterocycles. The van der Waals surface area contributed by atoms with Crippen LogP contribution in [0.2, 0.25) is 5.02 Å². The molecule has 0 unspecified atom stereocenters. The molecule has 0 saturated carbocycles. The Morgan fingerprint density at radius 3 is 2.68 bits per heavy atom. The van der Waals surface area contributed by atoms with E-state index in [0.29, 0.717) is 10.6 Å². The molecule has 0 N–H and O–H groups in total. The van der Waals surface area contributed by atoms with Crippen molar-refractivity contribution in [3.8, 4) is 0 Å². The summed E-state index contributed by atoms with van der Waals surface area (Å²) >= 11 is 5.84. The van der Waals surface area contributed by atoms with Crippen LogP contribution in [-0.2, 0) is 4.74 Å². The molecular weight excluding hydrogens is 266 g/mol. The molecule has 2 aromatic rings. The van der Waals surface area contributed by atoms with E-state index in [1.165, 1.54) is 25.4 Å². The van der Waals surface area contributed by atoms with Crippen molar-refractivity contribution < 1.29 is 14.3 Å². The number of pyridine rings is 1. The van der Waals surface area contributed by atoms with Gasteiger partial charge < -0.3 is 4.74 Å². The van der Waals surface area contributed by atoms with E-state index in [9.17, 15) is 9.59 Å². The molecule has 1 aromatic carbocycles. The fourth-order valence-electron chi connectivity index (χ4n) is 1.63. The van der Waals surface area contributed by atoms with Gasteiger partial charge in [-0.05, 0) is 24.3 Å². The highest BCUT2D eigenvalue weighted by Crippen LogP contribution is 2.16. The number of hydrogen-bond donors (Lipinski definition) is 0. The quantitative estimate of drug-likeness (QED) is 0.638. The van der Waals surface area contributed by atoms with Crippen LogP contribution in [0.3, 0.4) is 0 Å². The average molecular weight is 276 g/mol. The summed E-state index contributed by atoms with van der Waals surface area (Å²) in [5.74, 6) is -0.970. The van der Waals surface area contributed by atoms with Crippen LogP contribution < -0.4 is 0 Å². The molecule has 96 valence electrons. The van der Waals surface area contributed by atoms with E-state index >= 15 is 0 Å². The molecule has 1 heterocycles. The van der Waals surface area contributed by atoms with Gasteiger partial charge in [0.15, 0.2) is 0 Å². The van der Waals surface area contributed by atoms with Crippen molar-refractivity contribution in [2.24, 2.45) is 0 Å². The molecule has 0 aliphatic heterocycles. The summed E-state index contributed by atoms with van der Waals surface area (Å²) < 4.78 is 4.63. The third-order valence-corrected chi connectivity index (χ3v) is 2.75. The highest BCUT2D eigenvalue weighted by molar-refractivity contribution is 6.31. The third kappa shape index (κ3) is 2.80. The van der Waals surface area contributed by atoms with Crippen molar-refractivity contribution in [1.82, 2.24) is 4.98 Å². The number of rotatable bonds is 3. The van der Waals surface area contributed by atoms with E-state index in [2.05, 4.69) is 9.72 Å². The number of nitrogens with zero attached hydrogens (tertiary/aromatic N) is 1. The van der Waals surface area contributed by atoms with Crippen molar-refractivity contribution in [2.75, 3.05) is 7.11 Å². The van der Waals surface area contributed by atoms with E-state index in [1.54, 1.807) is 24.3 Å². The second-order valence-corrected chi connectivity index (χ2v) is 4.17. The zero-order valence-electron chi connectivity index (χ0n) is 10.1. The van der Waals surface area contributed by atoms with Crippen LogP contribution in [0.15, 0.2) is 42.6 Å². The summed E-state index contributed by atoms with van der Waals surface area (Å²) in [4.78, 5) is 27.9. The summed E-state index contributed by atoms with van der Waals surface area (Å²) in [6.45, 7) is 0. The fraction of sp³-hybridized carbons (Fsp3) is 0.0714. The zero-order valence-corrected chi connectivity index (χ0v) is 10.8. The molecule has 0 atom stereocenters. The molecule has 0 amide bonds. The van der Waals surface area contributed by atoms with Crippen molar-refractivity contribution >= 4 is 23.4 Å². The zero-order chi connectivity index (χ0) is 13.8. The standard InChI is InChI=1S/C14H10ClNO3/c1-19-14(18)11-6-3-7-16-12(11)13(17)9-4-2-5-10(15)8-9/h2-8H,1H3. The van der Waals surface area contributed by atoms with Crippen LogP contribution >= 0.6 is 11.6 Å². The van der Waals surface area contributed by atoms with Gasteiger partial charge in [0.2, 0.25) is 5.78 Å². The van der Waals surface area contributed by atoms with E-state index in [-0.39, 0.29) is 17.0 Å². The number of aromatic nitrogens is 1. The summed E-state index contributed by atoms with van der Waals surface area (Å²) in [6, 6.07) is 9.54. The average Bonchev–Trinajstić information content (AvgIpc) is 2.45. The molecule has 0 saturated heterocycles. The highest BCUT2D eigenvalue weighted by atomic mass is 35.5. The maximum absolute atomic E-state index is 12.3. The molecule has 0 fully saturated rings. The third-order valence-electron chi connectivity index (χ3n) is 2.51. The van der Waals surface area contributed by atoms with E-state index in [1.807, 2.05) is 0 Å². The Hall–Kier alpha value is -2.20. The second kappa shape index (κ2) is 5.63. The van der Waals surface area contributed by atoms with Gasteiger partial charge in [0.25, 0.3) is 0 Å². The number of benzene rings is 1. The van der Waals surface area contributed by atoms with Crippen LogP contribution in [0.1, 0.15) is 26.4 Å². The molecule has 2 rings (SSSR count). The predicted octanol–water partition coefficient (Wildman–Crippen LogP) is 2.75. The van der Waals surface area contributed by atoms with E-state index < -0.39 is 5.97 Å². The van der Waals surface area contributed by atoms with Gasteiger partial charge >= 0.3 is 5.97 Å². The first-order valence-electron chi connectivity index (χ1n) is 5.47. The van der Waals surface area contributed by atoms with Gasteiger partial charge in [-0.15, -0.1) is 0 Å². The molecule has 4 nitrogen and oxygen atoms in total. The lowest BCUT2D eigenvalue weighted by Crippen LogP contribution is -2.13. The minimum Gasteiger partial charge on any atom is -0.465 e. The van der Waals surface area contributed by atoms with Crippen LogP contribution in [0.25, 0.3) is 0 Å². The molecule has 19 heavy (non-hydrogen) atoms. The number of esters is 1. The van der Waals surface area contributed by atoms with E-state index in [0.717, 1.165) is 0 Å². The lowest BCUT2D eigenvalue weighted by molar-refractivity contribution is 0.0597. The predicted molar refractivity (Wildman–Crippen MR) is 70.5 cm³/mol. The summed E-state index contributed by atoms with van der Waals surface area (Å²) in [6.07, 6.45) is 1.45. The van der Waals surface area contributed by atoms with Crippen LogP contribution in [-0.4, -0.2) is 23.8 Å². The van der Waals surface area contributed by atoms with Crippen molar-refractivity contribution in [2.45, 2.75) is 0 Å². The Kier molecular flexibility index (Phi) is 3.92. The molecule has 0 radical (unpaired) electrons. The minimum absolute atomic E-state index is 0.0524. The molecule has 0 aliphatic rings. The van der Waals surface area contributed by atoms with Crippen molar-refractivity contribution in [1.29, 1.82) is 0 Å². The van der Waals surface area contributed by atoms with Gasteiger partial charge in [0.1, 0.15) is 5.69 Å². The van der Waals surface area contributed by atoms with Gasteiger partial charge in [0.05, 0.1) is 12.7 Å². The second-order valence-electron chi connectivity index (χ2n) is 3.73. The Morgan fingerprint density at radius 1 is 1.21 bits per heavy atom. The Labute approximate surface area is 115 Å². The molecule has 0 spiro atoms. The molecule has 0 bridgehead atoms. The first kappa shape index (κ1) is 13.2. The number of carbonyl (C=O) groups excluding carboxylic acids is 2. The monoisotopic (exact) mass is 275 g/mol. The lowest BCUT2D eigenvalue weighted by atomic mass is 10.0. The Morgan fingerprint density at radius 2 is 2.00 bits per heavy atom. The maximum Gasteiger partial charge on any atom is 0.340 e. The van der Waals surface area contributed by atoms with Crippen molar-refractivity contribution in [3.05, 3.63) is 64.4 Å². The Balaban J connectivity index is 2.47. The SMILES string of the molecule is COC(=O)c1cccnc1C(=O)c1cccc(Cl)c1. The normalized spacial score (nSPS) is 10.0. The van der Waals surface area contributed by atoms with Gasteiger partial charge in [-0.2, -0.15) is 0 Å². The number of carbonyl (C=O) groups is 2. The number of hydrogen-bond acceptors (Lipinski definition) is 4. The van der Waals surface area contributed by atoms with Crippen molar-refractivity contribution in [3.63, 3.8) is 0 Å². The molecule has 0 aliphatic carbocycles. The van der Waals surface area contributed by atoms with Crippen LogP contribution in [0.5, 0.6) is 0 Å². The van der Waals surface area contributed by atoms with Gasteiger partial charge in [-0.1, -0.05) is 23.7 Å². The summed E-state index contributed by atoms with van der Waals surface area (Å²) in [7, 11) is 1.25. The highest BCUT2D eigenvalue weighted by Gasteiger charge is 2.20. The van der Waals surface area contributed by atoms with Crippen LogP contribution in [0.4, 0.5) is 0 Å². The van der Waals surface area contributed by atoms with Gasteiger partial charge in [-0.3, -0.25) is 9.78 Å². The Bertz CT molecular complexity index is 640. The fourth-order valence-corrected chi connectivity index (χ4v) is 1.82. The van der Waals surface area contributed by atoms with Gasteiger partial charge in [0, 0.05) is 16.8 Å². The first-order chi connectivity index (χ1) is 9.13. The number of methoxy groups -OCH3 is 1. The lowest BCUT2D eigenvalue weighted by Gasteiger charge is -2.06.